The van der Waals surface area contributed by atoms with Crippen molar-refractivity contribution in [2.24, 2.45) is 0 Å². The minimum Gasteiger partial charge on any atom is -0.493 e. The number of carbonyl (C=O) groups excluding carboxylic acids is 1. The van der Waals surface area contributed by atoms with Gasteiger partial charge >= 0.3 is 0 Å². The highest BCUT2D eigenvalue weighted by molar-refractivity contribution is 6.30. The van der Waals surface area contributed by atoms with Crippen molar-refractivity contribution < 1.29 is 19.0 Å². The topological polar surface area (TPSA) is 44.8 Å². The SMILES string of the molecule is CCOc1ccccc1C=C1Oc2cc(OCc3ccc(Cl)cc3)ccc2C1=O. The molecule has 0 aromatic heterocycles. The minimum atomic E-state index is -0.157. The first-order valence-corrected chi connectivity index (χ1v) is 9.69. The van der Waals surface area contributed by atoms with E-state index in [1.807, 2.05) is 55.5 Å². The van der Waals surface area contributed by atoms with Crippen molar-refractivity contribution in [2.75, 3.05) is 6.61 Å². The molecule has 0 fully saturated rings. The molecule has 0 saturated heterocycles. The molecule has 1 aliphatic rings. The second-order valence-corrected chi connectivity index (χ2v) is 6.92. The number of allylic oxidation sites excluding steroid dienone is 1. The summed E-state index contributed by atoms with van der Waals surface area (Å²) < 4.78 is 17.3. The van der Waals surface area contributed by atoms with Crippen LogP contribution in [0.15, 0.2) is 72.5 Å². The standard InChI is InChI=1S/C24H19ClO4/c1-2-27-21-6-4-3-5-17(21)13-23-24(26)20-12-11-19(14-22(20)29-23)28-15-16-7-9-18(25)10-8-16/h3-14H,2,15H2,1H3. The normalized spacial score (nSPS) is 13.9. The number of hydrogen-bond acceptors (Lipinski definition) is 4. The fourth-order valence-corrected chi connectivity index (χ4v) is 3.16. The largest absolute Gasteiger partial charge is 0.493 e. The smallest absolute Gasteiger partial charge is 0.231 e. The third kappa shape index (κ3) is 4.28. The Morgan fingerprint density at radius 1 is 1.00 bits per heavy atom. The predicted molar refractivity (Wildman–Crippen MR) is 113 cm³/mol. The number of Topliss-reactive ketones (excluding diaryl/α,β-unsaturated/α-hetero) is 1. The van der Waals surface area contributed by atoms with Crippen LogP contribution in [0, 0.1) is 0 Å². The van der Waals surface area contributed by atoms with Crippen molar-refractivity contribution in [2.45, 2.75) is 13.5 Å². The molecule has 0 N–H and O–H groups in total. The number of hydrogen-bond donors (Lipinski definition) is 0. The van der Waals surface area contributed by atoms with E-state index < -0.39 is 0 Å². The Hall–Kier alpha value is -3.24. The van der Waals surface area contributed by atoms with Gasteiger partial charge in [-0.3, -0.25) is 4.79 Å². The molecule has 0 aliphatic carbocycles. The van der Waals surface area contributed by atoms with Crippen molar-refractivity contribution >= 4 is 23.5 Å². The molecule has 0 saturated carbocycles. The van der Waals surface area contributed by atoms with E-state index in [1.165, 1.54) is 0 Å². The van der Waals surface area contributed by atoms with Crippen molar-refractivity contribution in [3.05, 3.63) is 94.2 Å². The molecule has 1 heterocycles. The third-order valence-electron chi connectivity index (χ3n) is 4.47. The molecule has 0 bridgehead atoms. The quantitative estimate of drug-likeness (QED) is 0.475. The van der Waals surface area contributed by atoms with Crippen LogP contribution in [0.25, 0.3) is 6.08 Å². The first kappa shape index (κ1) is 19.1. The van der Waals surface area contributed by atoms with Gasteiger partial charge in [-0.15, -0.1) is 0 Å². The maximum atomic E-state index is 12.7. The molecule has 3 aromatic carbocycles. The summed E-state index contributed by atoms with van der Waals surface area (Å²) >= 11 is 5.90. The number of halogens is 1. The van der Waals surface area contributed by atoms with Crippen LogP contribution >= 0.6 is 11.6 Å². The Labute approximate surface area is 174 Å². The molecule has 5 heteroatoms. The van der Waals surface area contributed by atoms with Gasteiger partial charge in [0.2, 0.25) is 5.78 Å². The van der Waals surface area contributed by atoms with Gasteiger partial charge < -0.3 is 14.2 Å². The zero-order chi connectivity index (χ0) is 20.2. The van der Waals surface area contributed by atoms with E-state index in [2.05, 4.69) is 0 Å². The zero-order valence-corrected chi connectivity index (χ0v) is 16.6. The number of rotatable bonds is 6. The van der Waals surface area contributed by atoms with E-state index in [4.69, 9.17) is 25.8 Å². The molecule has 3 aromatic rings. The molecule has 0 spiro atoms. The lowest BCUT2D eigenvalue weighted by atomic mass is 10.1. The molecule has 0 amide bonds. The summed E-state index contributed by atoms with van der Waals surface area (Å²) in [5.41, 5.74) is 2.31. The number of ketones is 1. The lowest BCUT2D eigenvalue weighted by Gasteiger charge is -2.08. The number of carbonyl (C=O) groups is 1. The van der Waals surface area contributed by atoms with E-state index >= 15 is 0 Å². The fourth-order valence-electron chi connectivity index (χ4n) is 3.03. The van der Waals surface area contributed by atoms with Crippen LogP contribution in [0.5, 0.6) is 17.2 Å². The summed E-state index contributed by atoms with van der Waals surface area (Å²) in [7, 11) is 0. The van der Waals surface area contributed by atoms with Crippen LogP contribution in [-0.2, 0) is 6.61 Å². The molecule has 4 rings (SSSR count). The van der Waals surface area contributed by atoms with Gasteiger partial charge in [0.15, 0.2) is 5.76 Å². The summed E-state index contributed by atoms with van der Waals surface area (Å²) in [6, 6.07) is 20.2. The average Bonchev–Trinajstić information content (AvgIpc) is 3.04. The summed E-state index contributed by atoms with van der Waals surface area (Å²) in [6.07, 6.45) is 1.71. The highest BCUT2D eigenvalue weighted by atomic mass is 35.5. The Kier molecular flexibility index (Phi) is 5.54. The van der Waals surface area contributed by atoms with Gasteiger partial charge in [0.05, 0.1) is 12.2 Å². The van der Waals surface area contributed by atoms with Crippen LogP contribution in [0.1, 0.15) is 28.4 Å². The van der Waals surface area contributed by atoms with Crippen LogP contribution in [-0.4, -0.2) is 12.4 Å². The maximum Gasteiger partial charge on any atom is 0.231 e. The van der Waals surface area contributed by atoms with Gasteiger partial charge in [0.1, 0.15) is 23.9 Å². The van der Waals surface area contributed by atoms with E-state index in [9.17, 15) is 4.79 Å². The molecular weight excluding hydrogens is 388 g/mol. The average molecular weight is 407 g/mol. The molecule has 1 aliphatic heterocycles. The zero-order valence-electron chi connectivity index (χ0n) is 15.9. The van der Waals surface area contributed by atoms with Crippen LogP contribution in [0.3, 0.4) is 0 Å². The first-order chi connectivity index (χ1) is 14.1. The number of para-hydroxylation sites is 1. The molecule has 0 unspecified atom stereocenters. The monoisotopic (exact) mass is 406 g/mol. The van der Waals surface area contributed by atoms with Crippen LogP contribution in [0.2, 0.25) is 5.02 Å². The van der Waals surface area contributed by atoms with Gasteiger partial charge in [-0.2, -0.15) is 0 Å². The summed E-state index contributed by atoms with van der Waals surface area (Å²) in [6.45, 7) is 2.86. The number of fused-ring (bicyclic) bond motifs is 1. The van der Waals surface area contributed by atoms with E-state index in [0.717, 1.165) is 11.1 Å². The number of benzene rings is 3. The minimum absolute atomic E-state index is 0.157. The Morgan fingerprint density at radius 3 is 2.59 bits per heavy atom. The van der Waals surface area contributed by atoms with Crippen molar-refractivity contribution in [1.29, 1.82) is 0 Å². The maximum absolute atomic E-state index is 12.7. The summed E-state index contributed by atoms with van der Waals surface area (Å²) in [5, 5.41) is 0.684. The molecular formula is C24H19ClO4. The first-order valence-electron chi connectivity index (χ1n) is 9.31. The fraction of sp³-hybridized carbons (Fsp3) is 0.125. The van der Waals surface area contributed by atoms with E-state index in [-0.39, 0.29) is 11.5 Å². The Balaban J connectivity index is 1.52. The molecule has 0 atom stereocenters. The molecule has 146 valence electrons. The van der Waals surface area contributed by atoms with Gasteiger partial charge in [0.25, 0.3) is 0 Å². The third-order valence-corrected chi connectivity index (χ3v) is 4.72. The van der Waals surface area contributed by atoms with E-state index in [1.54, 1.807) is 24.3 Å². The second-order valence-electron chi connectivity index (χ2n) is 6.48. The van der Waals surface area contributed by atoms with Gasteiger partial charge in [-0.05, 0) is 48.9 Å². The molecule has 0 radical (unpaired) electrons. The highest BCUT2D eigenvalue weighted by Gasteiger charge is 2.28. The molecule has 4 nitrogen and oxygen atoms in total. The van der Waals surface area contributed by atoms with Crippen LogP contribution in [0.4, 0.5) is 0 Å². The van der Waals surface area contributed by atoms with Crippen molar-refractivity contribution in [3.63, 3.8) is 0 Å². The van der Waals surface area contributed by atoms with Gasteiger partial charge in [-0.25, -0.2) is 0 Å². The second kappa shape index (κ2) is 8.41. The van der Waals surface area contributed by atoms with E-state index in [0.29, 0.717) is 41.0 Å². The Bertz CT molecular complexity index is 1070. The van der Waals surface area contributed by atoms with Crippen LogP contribution < -0.4 is 14.2 Å². The van der Waals surface area contributed by atoms with Crippen molar-refractivity contribution in [3.8, 4) is 17.2 Å². The molecule has 29 heavy (non-hydrogen) atoms. The highest BCUT2D eigenvalue weighted by Crippen LogP contribution is 2.36. The Morgan fingerprint density at radius 2 is 1.79 bits per heavy atom. The summed E-state index contributed by atoms with van der Waals surface area (Å²) in [5.74, 6) is 1.94. The predicted octanol–water partition coefficient (Wildman–Crippen LogP) is 5.93. The van der Waals surface area contributed by atoms with Crippen molar-refractivity contribution in [1.82, 2.24) is 0 Å². The lowest BCUT2D eigenvalue weighted by Crippen LogP contribution is -1.99. The van der Waals surface area contributed by atoms with Gasteiger partial charge in [-0.1, -0.05) is 41.9 Å². The van der Waals surface area contributed by atoms with Gasteiger partial charge in [0, 0.05) is 16.7 Å². The summed E-state index contributed by atoms with van der Waals surface area (Å²) in [4.78, 5) is 12.7. The lowest BCUT2D eigenvalue weighted by molar-refractivity contribution is 0.101. The number of ether oxygens (including phenoxy) is 3.